The number of hydrogen-bond acceptors (Lipinski definition) is 2. The number of nitrogens with zero attached hydrogens (tertiary/aromatic N) is 3. The lowest BCUT2D eigenvalue weighted by molar-refractivity contribution is -0.659. The highest BCUT2D eigenvalue weighted by atomic mass is 14.9. The number of aromatic nitrogens is 3. The Morgan fingerprint density at radius 1 is 0.871 bits per heavy atom. The van der Waals surface area contributed by atoms with Crippen LogP contribution in [0.25, 0.3) is 33.2 Å². The molecule has 1 saturated carbocycles. The molecule has 1 fully saturated rings. The Morgan fingerprint density at radius 2 is 1.61 bits per heavy atom. The molecule has 1 aliphatic rings. The summed E-state index contributed by atoms with van der Waals surface area (Å²) in [5.74, 6) is 1.57. The maximum atomic E-state index is 4.71. The molecule has 0 spiro atoms. The normalized spacial score (nSPS) is 14.5. The first-order chi connectivity index (χ1) is 15.0. The number of aryl methyl sites for hydroxylation is 3. The number of rotatable bonds is 3. The molecule has 31 heavy (non-hydrogen) atoms. The van der Waals surface area contributed by atoms with Crippen molar-refractivity contribution in [2.75, 3.05) is 0 Å². The molecule has 0 bridgehead atoms. The van der Waals surface area contributed by atoms with Gasteiger partial charge in [0.05, 0.1) is 10.9 Å². The maximum absolute atomic E-state index is 4.71. The van der Waals surface area contributed by atoms with Crippen molar-refractivity contribution in [1.29, 1.82) is 0 Å². The number of pyridine rings is 1. The first-order valence-corrected chi connectivity index (χ1v) is 11.3. The summed E-state index contributed by atoms with van der Waals surface area (Å²) in [5.41, 5.74) is 8.80. The van der Waals surface area contributed by atoms with Gasteiger partial charge >= 0.3 is 0 Å². The van der Waals surface area contributed by atoms with Crippen LogP contribution in [-0.2, 0) is 7.05 Å². The van der Waals surface area contributed by atoms with Crippen molar-refractivity contribution >= 4 is 10.8 Å². The van der Waals surface area contributed by atoms with Gasteiger partial charge in [-0.2, -0.15) is 0 Å². The summed E-state index contributed by atoms with van der Waals surface area (Å²) in [6, 6.07) is 13.5. The molecule has 2 heterocycles. The van der Waals surface area contributed by atoms with E-state index in [1.807, 2.05) is 12.4 Å². The standard InChI is InChI=1S/C28H30N3/c1-18-13-19(2)20(3)26(14-18)27-25-10-9-22(15-23(25)11-12-31(27)4)24-16-29-28(30-17-24)21-7-5-6-8-21/h9-17,21H,5-8H2,1-4H3/q+1. The van der Waals surface area contributed by atoms with Gasteiger partial charge in [0.1, 0.15) is 12.9 Å². The fourth-order valence-corrected chi connectivity index (χ4v) is 5.06. The molecule has 156 valence electrons. The third-order valence-corrected chi connectivity index (χ3v) is 6.93. The molecule has 5 rings (SSSR count). The van der Waals surface area contributed by atoms with E-state index < -0.39 is 0 Å². The Labute approximate surface area is 184 Å². The van der Waals surface area contributed by atoms with Crippen molar-refractivity contribution in [2.45, 2.75) is 52.4 Å². The summed E-state index contributed by atoms with van der Waals surface area (Å²) in [6.45, 7) is 6.60. The lowest BCUT2D eigenvalue weighted by atomic mass is 9.93. The Bertz CT molecular complexity index is 1270. The zero-order valence-corrected chi connectivity index (χ0v) is 18.9. The van der Waals surface area contributed by atoms with Crippen LogP contribution >= 0.6 is 0 Å². The minimum absolute atomic E-state index is 0.550. The van der Waals surface area contributed by atoms with Gasteiger partial charge in [-0.05, 0) is 73.9 Å². The lowest BCUT2D eigenvalue weighted by Crippen LogP contribution is -2.30. The summed E-state index contributed by atoms with van der Waals surface area (Å²) in [4.78, 5) is 9.42. The van der Waals surface area contributed by atoms with Gasteiger partial charge in [0.15, 0.2) is 6.20 Å². The van der Waals surface area contributed by atoms with Crippen LogP contribution in [0.4, 0.5) is 0 Å². The van der Waals surface area contributed by atoms with Crippen LogP contribution in [0.1, 0.15) is 54.1 Å². The molecular weight excluding hydrogens is 378 g/mol. The first kappa shape index (κ1) is 19.9. The minimum atomic E-state index is 0.550. The molecule has 2 aromatic heterocycles. The second kappa shape index (κ2) is 7.88. The summed E-state index contributed by atoms with van der Waals surface area (Å²) >= 11 is 0. The highest BCUT2D eigenvalue weighted by molar-refractivity contribution is 5.96. The molecule has 0 saturated heterocycles. The Kier molecular flexibility index (Phi) is 5.05. The molecule has 0 N–H and O–H groups in total. The zero-order chi connectivity index (χ0) is 21.5. The van der Waals surface area contributed by atoms with E-state index in [4.69, 9.17) is 9.97 Å². The predicted octanol–water partition coefficient (Wildman–Crippen LogP) is 6.37. The van der Waals surface area contributed by atoms with Gasteiger partial charge in [-0.15, -0.1) is 0 Å². The van der Waals surface area contributed by atoms with E-state index in [0.717, 1.165) is 11.4 Å². The topological polar surface area (TPSA) is 29.7 Å². The number of hydrogen-bond donors (Lipinski definition) is 0. The van der Waals surface area contributed by atoms with Crippen LogP contribution in [0, 0.1) is 20.8 Å². The average molecular weight is 409 g/mol. The SMILES string of the molecule is Cc1cc(C)c(C)c(-c2c3ccc(-c4cnc(C5CCCC5)nc4)cc3cc[n+]2C)c1. The fraction of sp³-hybridized carbons (Fsp3) is 0.321. The van der Waals surface area contributed by atoms with Crippen LogP contribution < -0.4 is 4.57 Å². The highest BCUT2D eigenvalue weighted by Gasteiger charge is 2.20. The molecule has 0 atom stereocenters. The summed E-state index contributed by atoms with van der Waals surface area (Å²) in [5, 5.41) is 2.51. The predicted molar refractivity (Wildman–Crippen MR) is 127 cm³/mol. The van der Waals surface area contributed by atoms with Crippen molar-refractivity contribution in [2.24, 2.45) is 7.05 Å². The zero-order valence-electron chi connectivity index (χ0n) is 18.9. The minimum Gasteiger partial charge on any atom is -0.240 e. The molecule has 2 aromatic carbocycles. The van der Waals surface area contributed by atoms with E-state index in [-0.39, 0.29) is 0 Å². The largest absolute Gasteiger partial charge is 0.240 e. The van der Waals surface area contributed by atoms with E-state index in [1.54, 1.807) is 0 Å². The van der Waals surface area contributed by atoms with E-state index >= 15 is 0 Å². The van der Waals surface area contributed by atoms with E-state index in [0.29, 0.717) is 5.92 Å². The van der Waals surface area contributed by atoms with E-state index in [9.17, 15) is 0 Å². The maximum Gasteiger partial charge on any atom is 0.220 e. The van der Waals surface area contributed by atoms with Crippen LogP contribution in [0.5, 0.6) is 0 Å². The van der Waals surface area contributed by atoms with Crippen LogP contribution in [0.3, 0.4) is 0 Å². The van der Waals surface area contributed by atoms with Gasteiger partial charge in [0.2, 0.25) is 5.69 Å². The summed E-state index contributed by atoms with van der Waals surface area (Å²) in [7, 11) is 2.13. The van der Waals surface area contributed by atoms with Crippen molar-refractivity contribution < 1.29 is 4.57 Å². The summed E-state index contributed by atoms with van der Waals surface area (Å²) < 4.78 is 2.24. The van der Waals surface area contributed by atoms with Crippen molar-refractivity contribution in [3.63, 3.8) is 0 Å². The molecule has 0 unspecified atom stereocenters. The number of fused-ring (bicyclic) bond motifs is 1. The van der Waals surface area contributed by atoms with Gasteiger partial charge in [-0.3, -0.25) is 0 Å². The molecule has 0 radical (unpaired) electrons. The van der Waals surface area contributed by atoms with Crippen LogP contribution in [0.2, 0.25) is 0 Å². The van der Waals surface area contributed by atoms with Crippen LogP contribution in [0.15, 0.2) is 55.0 Å². The summed E-state index contributed by atoms with van der Waals surface area (Å²) in [6.07, 6.45) is 11.2. The van der Waals surface area contributed by atoms with Gasteiger partial charge in [0, 0.05) is 29.9 Å². The van der Waals surface area contributed by atoms with E-state index in [2.05, 4.69) is 75.0 Å². The van der Waals surface area contributed by atoms with Gasteiger partial charge in [-0.25, -0.2) is 14.5 Å². The average Bonchev–Trinajstić information content (AvgIpc) is 3.31. The second-order valence-corrected chi connectivity index (χ2v) is 9.14. The molecule has 0 amide bonds. The highest BCUT2D eigenvalue weighted by Crippen LogP contribution is 2.34. The van der Waals surface area contributed by atoms with Crippen molar-refractivity contribution in [3.8, 4) is 22.4 Å². The molecule has 4 aromatic rings. The molecule has 0 aliphatic heterocycles. The Balaban J connectivity index is 1.58. The van der Waals surface area contributed by atoms with Gasteiger partial charge in [-0.1, -0.05) is 30.5 Å². The van der Waals surface area contributed by atoms with E-state index in [1.165, 1.54) is 70.0 Å². The molecule has 1 aliphatic carbocycles. The smallest absolute Gasteiger partial charge is 0.220 e. The van der Waals surface area contributed by atoms with Gasteiger partial charge < -0.3 is 0 Å². The Hall–Kier alpha value is -3.07. The van der Waals surface area contributed by atoms with Gasteiger partial charge in [0.25, 0.3) is 0 Å². The lowest BCUT2D eigenvalue weighted by Gasteiger charge is -2.12. The second-order valence-electron chi connectivity index (χ2n) is 9.14. The first-order valence-electron chi connectivity index (χ1n) is 11.3. The third-order valence-electron chi connectivity index (χ3n) is 6.93. The fourth-order valence-electron chi connectivity index (χ4n) is 5.06. The molecule has 3 nitrogen and oxygen atoms in total. The van der Waals surface area contributed by atoms with Crippen LogP contribution in [-0.4, -0.2) is 9.97 Å². The van der Waals surface area contributed by atoms with Crippen molar-refractivity contribution in [3.05, 3.63) is 77.5 Å². The number of benzene rings is 2. The van der Waals surface area contributed by atoms with Crippen molar-refractivity contribution in [1.82, 2.24) is 9.97 Å². The Morgan fingerprint density at radius 3 is 2.35 bits per heavy atom. The quantitative estimate of drug-likeness (QED) is 0.369. The molecular formula is C28H30N3+. The monoisotopic (exact) mass is 408 g/mol. The third kappa shape index (κ3) is 3.63. The molecule has 3 heteroatoms.